The zero-order chi connectivity index (χ0) is 11.1. The molecule has 1 unspecified atom stereocenters. The Bertz CT molecular complexity index is 192. The minimum Gasteiger partial charge on any atom is -0.382 e. The molecule has 15 heavy (non-hydrogen) atoms. The highest BCUT2D eigenvalue weighted by atomic mass is 16.5. The van der Waals surface area contributed by atoms with Gasteiger partial charge in [0.2, 0.25) is 5.91 Å². The van der Waals surface area contributed by atoms with Gasteiger partial charge in [-0.25, -0.2) is 0 Å². The summed E-state index contributed by atoms with van der Waals surface area (Å²) >= 11 is 0. The van der Waals surface area contributed by atoms with Gasteiger partial charge in [-0.1, -0.05) is 6.42 Å². The second-order valence-electron chi connectivity index (χ2n) is 4.09. The molecule has 1 atom stereocenters. The minimum absolute atomic E-state index is 0.0227. The monoisotopic (exact) mass is 215 g/mol. The van der Waals surface area contributed by atoms with Gasteiger partial charge in [0.15, 0.2) is 0 Å². The molecule has 0 saturated heterocycles. The third-order valence-corrected chi connectivity index (χ3v) is 2.91. The molecule has 1 amide bonds. The number of methoxy groups -OCH3 is 1. The van der Waals surface area contributed by atoms with Gasteiger partial charge in [-0.15, -0.1) is 0 Å². The van der Waals surface area contributed by atoms with Gasteiger partial charge >= 0.3 is 0 Å². The van der Waals surface area contributed by atoms with Crippen LogP contribution in [0.2, 0.25) is 0 Å². The first-order valence-electron chi connectivity index (χ1n) is 5.60. The molecule has 0 heterocycles. The highest BCUT2D eigenvalue weighted by Gasteiger charge is 2.24. The lowest BCUT2D eigenvalue weighted by atomic mass is 9.80. The lowest BCUT2D eigenvalue weighted by Crippen LogP contribution is -2.42. The molecule has 0 radical (unpaired) electrons. The summed E-state index contributed by atoms with van der Waals surface area (Å²) in [7, 11) is 1.61. The molecule has 1 fully saturated rings. The van der Waals surface area contributed by atoms with E-state index in [-0.39, 0.29) is 18.6 Å². The molecule has 0 aromatic rings. The molecule has 1 rings (SSSR count). The molecule has 88 valence electrons. The summed E-state index contributed by atoms with van der Waals surface area (Å²) in [5.41, 5.74) is 0. The Morgan fingerprint density at radius 2 is 2.20 bits per heavy atom. The van der Waals surface area contributed by atoms with E-state index in [0.717, 1.165) is 0 Å². The first kappa shape index (κ1) is 12.5. The van der Waals surface area contributed by atoms with E-state index in [1.54, 1.807) is 7.11 Å². The van der Waals surface area contributed by atoms with Crippen LogP contribution in [0.4, 0.5) is 0 Å². The van der Waals surface area contributed by atoms with Crippen LogP contribution in [0.15, 0.2) is 0 Å². The molecule has 0 spiro atoms. The second-order valence-corrected chi connectivity index (χ2v) is 4.09. The first-order valence-corrected chi connectivity index (χ1v) is 5.60. The molecule has 0 aromatic heterocycles. The molecule has 1 saturated carbocycles. The molecular weight excluding hydrogens is 194 g/mol. The molecule has 0 aromatic carbocycles. The van der Waals surface area contributed by atoms with Crippen molar-refractivity contribution < 1.29 is 14.3 Å². The van der Waals surface area contributed by atoms with Crippen molar-refractivity contribution in [2.45, 2.75) is 32.2 Å². The van der Waals surface area contributed by atoms with E-state index in [4.69, 9.17) is 9.47 Å². The van der Waals surface area contributed by atoms with Crippen molar-refractivity contribution in [3.8, 4) is 0 Å². The van der Waals surface area contributed by atoms with Crippen LogP contribution in [0.25, 0.3) is 0 Å². The average molecular weight is 215 g/mol. The predicted octanol–water partition coefficient (Wildman–Crippen LogP) is 0.954. The van der Waals surface area contributed by atoms with Gasteiger partial charge in [-0.05, 0) is 25.7 Å². The molecule has 1 aliphatic rings. The van der Waals surface area contributed by atoms with Crippen LogP contribution < -0.4 is 5.32 Å². The predicted molar refractivity (Wildman–Crippen MR) is 57.6 cm³/mol. The molecule has 1 N–H and O–H groups in total. The number of ether oxygens (including phenoxy) is 2. The zero-order valence-electron chi connectivity index (χ0n) is 9.62. The van der Waals surface area contributed by atoms with Gasteiger partial charge in [0.1, 0.15) is 6.61 Å². The Labute approximate surface area is 91.3 Å². The maximum atomic E-state index is 11.4. The van der Waals surface area contributed by atoms with Crippen LogP contribution in [-0.4, -0.2) is 38.9 Å². The van der Waals surface area contributed by atoms with Crippen molar-refractivity contribution in [2.75, 3.05) is 26.9 Å². The van der Waals surface area contributed by atoms with Crippen LogP contribution in [0.5, 0.6) is 0 Å². The van der Waals surface area contributed by atoms with Crippen LogP contribution in [0, 0.1) is 5.92 Å². The fourth-order valence-corrected chi connectivity index (χ4v) is 1.66. The smallest absolute Gasteiger partial charge is 0.246 e. The van der Waals surface area contributed by atoms with Gasteiger partial charge in [0, 0.05) is 13.2 Å². The molecule has 4 nitrogen and oxygen atoms in total. The third-order valence-electron chi connectivity index (χ3n) is 2.91. The fraction of sp³-hybridized carbons (Fsp3) is 0.909. The van der Waals surface area contributed by atoms with E-state index < -0.39 is 0 Å². The molecule has 0 aliphatic heterocycles. The topological polar surface area (TPSA) is 47.6 Å². The zero-order valence-corrected chi connectivity index (χ0v) is 9.62. The summed E-state index contributed by atoms with van der Waals surface area (Å²) in [6.07, 6.45) is 3.78. The van der Waals surface area contributed by atoms with E-state index >= 15 is 0 Å². The van der Waals surface area contributed by atoms with Gasteiger partial charge in [-0.2, -0.15) is 0 Å². The molecule has 0 bridgehead atoms. The van der Waals surface area contributed by atoms with Gasteiger partial charge < -0.3 is 14.8 Å². The average Bonchev–Trinajstić information content (AvgIpc) is 2.09. The number of carbonyl (C=O) groups is 1. The van der Waals surface area contributed by atoms with E-state index in [1.165, 1.54) is 19.3 Å². The minimum atomic E-state index is -0.0227. The summed E-state index contributed by atoms with van der Waals surface area (Å²) in [5, 5.41) is 2.95. The Kier molecular flexibility index (Phi) is 5.65. The highest BCUT2D eigenvalue weighted by Crippen LogP contribution is 2.29. The lowest BCUT2D eigenvalue weighted by Gasteiger charge is -2.31. The summed E-state index contributed by atoms with van der Waals surface area (Å²) in [5.74, 6) is 0.651. The quantitative estimate of drug-likeness (QED) is 0.643. The summed E-state index contributed by atoms with van der Waals surface area (Å²) < 4.78 is 9.94. The van der Waals surface area contributed by atoms with E-state index in [9.17, 15) is 4.79 Å². The third kappa shape index (κ3) is 4.62. The maximum Gasteiger partial charge on any atom is 0.246 e. The Balaban J connectivity index is 2.01. The van der Waals surface area contributed by atoms with E-state index in [1.807, 2.05) is 0 Å². The largest absolute Gasteiger partial charge is 0.382 e. The number of carbonyl (C=O) groups excluding carboxylic acids is 1. The van der Waals surface area contributed by atoms with Crippen molar-refractivity contribution in [2.24, 2.45) is 5.92 Å². The van der Waals surface area contributed by atoms with E-state index in [0.29, 0.717) is 19.1 Å². The SMILES string of the molecule is COCCOCC(=O)NC(C)C1CCC1. The Hall–Kier alpha value is -0.610. The number of nitrogens with one attached hydrogen (secondary N) is 1. The Morgan fingerprint density at radius 3 is 2.73 bits per heavy atom. The van der Waals surface area contributed by atoms with Crippen molar-refractivity contribution in [3.05, 3.63) is 0 Å². The van der Waals surface area contributed by atoms with Gasteiger partial charge in [0.25, 0.3) is 0 Å². The number of hydrogen-bond donors (Lipinski definition) is 1. The lowest BCUT2D eigenvalue weighted by molar-refractivity contribution is -0.127. The normalized spacial score (nSPS) is 18.3. The standard InChI is InChI=1S/C11H21NO3/c1-9(10-4-3-5-10)12-11(13)8-15-7-6-14-2/h9-10H,3-8H2,1-2H3,(H,12,13). The van der Waals surface area contributed by atoms with Crippen molar-refractivity contribution >= 4 is 5.91 Å². The molecular formula is C11H21NO3. The van der Waals surface area contributed by atoms with Crippen LogP contribution in [0.1, 0.15) is 26.2 Å². The highest BCUT2D eigenvalue weighted by molar-refractivity contribution is 5.77. The number of hydrogen-bond acceptors (Lipinski definition) is 3. The van der Waals surface area contributed by atoms with Crippen LogP contribution in [-0.2, 0) is 14.3 Å². The molecule has 4 heteroatoms. The van der Waals surface area contributed by atoms with Crippen molar-refractivity contribution in [1.82, 2.24) is 5.32 Å². The maximum absolute atomic E-state index is 11.4. The van der Waals surface area contributed by atoms with Gasteiger partial charge in [0.05, 0.1) is 13.2 Å². The number of amides is 1. The second kappa shape index (κ2) is 6.80. The number of rotatable bonds is 7. The van der Waals surface area contributed by atoms with Crippen molar-refractivity contribution in [3.63, 3.8) is 0 Å². The summed E-state index contributed by atoms with van der Waals surface area (Å²) in [4.78, 5) is 11.4. The van der Waals surface area contributed by atoms with Crippen molar-refractivity contribution in [1.29, 1.82) is 0 Å². The first-order chi connectivity index (χ1) is 7.24. The van der Waals surface area contributed by atoms with Crippen LogP contribution >= 0.6 is 0 Å². The summed E-state index contributed by atoms with van der Waals surface area (Å²) in [6, 6.07) is 0.289. The summed E-state index contributed by atoms with van der Waals surface area (Å²) in [6.45, 7) is 3.21. The van der Waals surface area contributed by atoms with Crippen LogP contribution in [0.3, 0.4) is 0 Å². The Morgan fingerprint density at radius 1 is 1.47 bits per heavy atom. The molecule has 1 aliphatic carbocycles. The fourth-order valence-electron chi connectivity index (χ4n) is 1.66. The van der Waals surface area contributed by atoms with E-state index in [2.05, 4.69) is 12.2 Å². The van der Waals surface area contributed by atoms with Gasteiger partial charge in [-0.3, -0.25) is 4.79 Å².